The third-order valence-corrected chi connectivity index (χ3v) is 2.18. The van der Waals surface area contributed by atoms with Gasteiger partial charge in [-0.2, -0.15) is 0 Å². The molecule has 5 heteroatoms. The van der Waals surface area contributed by atoms with Crippen LogP contribution < -0.4 is 0 Å². The highest BCUT2D eigenvalue weighted by molar-refractivity contribution is 5.45. The van der Waals surface area contributed by atoms with Crippen molar-refractivity contribution in [1.82, 2.24) is 0 Å². The Bertz CT molecular complexity index is 374. The third kappa shape index (κ3) is 2.51. The van der Waals surface area contributed by atoms with Gasteiger partial charge < -0.3 is 10.2 Å². The van der Waals surface area contributed by atoms with Crippen LogP contribution in [0.15, 0.2) is 18.2 Å². The Morgan fingerprint density at radius 1 is 1.27 bits per heavy atom. The summed E-state index contributed by atoms with van der Waals surface area (Å²) in [6.07, 6.45) is -1.65. The van der Waals surface area contributed by atoms with Crippen LogP contribution in [0.3, 0.4) is 0 Å². The maximum absolute atomic E-state index is 10.7. The largest absolute Gasteiger partial charge is 0.389 e. The highest BCUT2D eigenvalue weighted by atomic mass is 16.6. The normalized spacial score (nSPS) is 14.7. The summed E-state index contributed by atoms with van der Waals surface area (Å²) < 4.78 is 0. The van der Waals surface area contributed by atoms with Gasteiger partial charge in [-0.25, -0.2) is 0 Å². The molecule has 15 heavy (non-hydrogen) atoms. The lowest BCUT2D eigenvalue weighted by Crippen LogP contribution is -2.01. The zero-order valence-corrected chi connectivity index (χ0v) is 8.54. The Labute approximate surface area is 87.1 Å². The fourth-order valence-corrected chi connectivity index (χ4v) is 1.33. The molecule has 0 aliphatic carbocycles. The van der Waals surface area contributed by atoms with E-state index >= 15 is 0 Å². The highest BCUT2D eigenvalue weighted by Crippen LogP contribution is 2.28. The van der Waals surface area contributed by atoms with E-state index < -0.39 is 17.1 Å². The van der Waals surface area contributed by atoms with Crippen molar-refractivity contribution in [1.29, 1.82) is 0 Å². The fraction of sp³-hybridized carbons (Fsp3) is 0.400. The summed E-state index contributed by atoms with van der Waals surface area (Å²) in [5.74, 6) is 0. The molecular formula is C10H13NO4. The van der Waals surface area contributed by atoms with E-state index in [1.54, 1.807) is 6.07 Å². The summed E-state index contributed by atoms with van der Waals surface area (Å²) in [5.41, 5.74) is 0.555. The van der Waals surface area contributed by atoms with Gasteiger partial charge in [0.1, 0.15) is 0 Å². The average Bonchev–Trinajstić information content (AvgIpc) is 2.16. The summed E-state index contributed by atoms with van der Waals surface area (Å²) >= 11 is 0. The predicted molar refractivity (Wildman–Crippen MR) is 54.4 cm³/mol. The smallest absolute Gasteiger partial charge is 0.275 e. The molecule has 1 rings (SSSR count). The number of benzene rings is 1. The molecule has 2 atom stereocenters. The van der Waals surface area contributed by atoms with Crippen LogP contribution in [0, 0.1) is 10.1 Å². The average molecular weight is 211 g/mol. The maximum atomic E-state index is 10.7. The van der Waals surface area contributed by atoms with Crippen molar-refractivity contribution < 1.29 is 15.1 Å². The van der Waals surface area contributed by atoms with Crippen LogP contribution in [0.1, 0.15) is 37.2 Å². The van der Waals surface area contributed by atoms with Gasteiger partial charge in [0.2, 0.25) is 0 Å². The van der Waals surface area contributed by atoms with Crippen molar-refractivity contribution in [2.75, 3.05) is 0 Å². The first kappa shape index (κ1) is 11.6. The molecule has 0 aromatic heterocycles. The number of nitrogens with zero attached hydrogens (tertiary/aromatic N) is 1. The van der Waals surface area contributed by atoms with Gasteiger partial charge in [0.15, 0.2) is 0 Å². The van der Waals surface area contributed by atoms with Gasteiger partial charge in [-0.05, 0) is 25.5 Å². The standard InChI is InChI=1S/C10H13NO4/c1-6(12)8-3-4-9(7(2)13)10(5-8)11(14)15/h3-7,12-13H,1-2H3. The Kier molecular flexibility index (Phi) is 3.39. The predicted octanol–water partition coefficient (Wildman–Crippen LogP) is 1.70. The molecule has 0 amide bonds. The molecule has 2 N–H and O–H groups in total. The van der Waals surface area contributed by atoms with Crippen molar-refractivity contribution in [2.24, 2.45) is 0 Å². The molecule has 0 saturated carbocycles. The van der Waals surface area contributed by atoms with Crippen molar-refractivity contribution in [3.8, 4) is 0 Å². The van der Waals surface area contributed by atoms with E-state index in [-0.39, 0.29) is 11.3 Å². The van der Waals surface area contributed by atoms with Crippen LogP contribution in [-0.2, 0) is 0 Å². The highest BCUT2D eigenvalue weighted by Gasteiger charge is 2.18. The van der Waals surface area contributed by atoms with Crippen LogP contribution in [0.25, 0.3) is 0 Å². The molecule has 0 spiro atoms. The van der Waals surface area contributed by atoms with E-state index in [0.29, 0.717) is 5.56 Å². The summed E-state index contributed by atoms with van der Waals surface area (Å²) in [5, 5.41) is 29.3. The van der Waals surface area contributed by atoms with E-state index in [1.165, 1.54) is 26.0 Å². The summed E-state index contributed by atoms with van der Waals surface area (Å²) in [6, 6.07) is 4.32. The van der Waals surface area contributed by atoms with Gasteiger partial charge in [0.05, 0.1) is 22.7 Å². The van der Waals surface area contributed by atoms with E-state index in [1.807, 2.05) is 0 Å². The molecule has 2 unspecified atom stereocenters. The van der Waals surface area contributed by atoms with Gasteiger partial charge in [-0.15, -0.1) is 0 Å². The quantitative estimate of drug-likeness (QED) is 0.588. The Hall–Kier alpha value is -1.46. The van der Waals surface area contributed by atoms with Crippen molar-refractivity contribution >= 4 is 5.69 Å². The molecule has 0 saturated heterocycles. The Morgan fingerprint density at radius 3 is 2.27 bits per heavy atom. The Balaban J connectivity index is 3.27. The summed E-state index contributed by atoms with van der Waals surface area (Å²) in [4.78, 5) is 10.2. The lowest BCUT2D eigenvalue weighted by molar-refractivity contribution is -0.386. The van der Waals surface area contributed by atoms with E-state index in [0.717, 1.165) is 0 Å². The first-order valence-electron chi connectivity index (χ1n) is 4.58. The number of aliphatic hydroxyl groups is 2. The van der Waals surface area contributed by atoms with Crippen molar-refractivity contribution in [3.05, 3.63) is 39.4 Å². The lowest BCUT2D eigenvalue weighted by atomic mass is 10.0. The molecule has 1 aromatic rings. The number of hydrogen-bond donors (Lipinski definition) is 2. The van der Waals surface area contributed by atoms with Crippen LogP contribution in [0.5, 0.6) is 0 Å². The molecule has 82 valence electrons. The van der Waals surface area contributed by atoms with Gasteiger partial charge in [0, 0.05) is 6.07 Å². The van der Waals surface area contributed by atoms with E-state index in [2.05, 4.69) is 0 Å². The van der Waals surface area contributed by atoms with Crippen LogP contribution >= 0.6 is 0 Å². The fourth-order valence-electron chi connectivity index (χ4n) is 1.33. The van der Waals surface area contributed by atoms with Crippen molar-refractivity contribution in [3.63, 3.8) is 0 Å². The lowest BCUT2D eigenvalue weighted by Gasteiger charge is -2.09. The van der Waals surface area contributed by atoms with Gasteiger partial charge in [-0.3, -0.25) is 10.1 Å². The van der Waals surface area contributed by atoms with Gasteiger partial charge in [-0.1, -0.05) is 6.07 Å². The molecule has 0 aliphatic rings. The number of nitro benzene ring substituents is 1. The van der Waals surface area contributed by atoms with Crippen LogP contribution in [0.4, 0.5) is 5.69 Å². The van der Waals surface area contributed by atoms with Gasteiger partial charge in [0.25, 0.3) is 5.69 Å². The molecular weight excluding hydrogens is 198 g/mol. The molecule has 0 radical (unpaired) electrons. The number of nitro groups is 1. The Morgan fingerprint density at radius 2 is 1.87 bits per heavy atom. The topological polar surface area (TPSA) is 83.6 Å². The minimum atomic E-state index is -0.895. The summed E-state index contributed by atoms with van der Waals surface area (Å²) in [7, 11) is 0. The zero-order valence-electron chi connectivity index (χ0n) is 8.54. The molecule has 0 bridgehead atoms. The number of aliphatic hydroxyl groups excluding tert-OH is 2. The van der Waals surface area contributed by atoms with Crippen molar-refractivity contribution in [2.45, 2.75) is 26.1 Å². The molecule has 0 aliphatic heterocycles. The van der Waals surface area contributed by atoms with Crippen LogP contribution in [-0.4, -0.2) is 15.1 Å². The van der Waals surface area contributed by atoms with E-state index in [9.17, 15) is 20.3 Å². The zero-order chi connectivity index (χ0) is 11.6. The molecule has 1 aromatic carbocycles. The monoisotopic (exact) mass is 211 g/mol. The maximum Gasteiger partial charge on any atom is 0.275 e. The van der Waals surface area contributed by atoms with Gasteiger partial charge >= 0.3 is 0 Å². The van der Waals surface area contributed by atoms with Crippen LogP contribution in [0.2, 0.25) is 0 Å². The number of rotatable bonds is 3. The second-order valence-electron chi connectivity index (χ2n) is 3.43. The first-order chi connectivity index (χ1) is 6.93. The second-order valence-corrected chi connectivity index (χ2v) is 3.43. The minimum Gasteiger partial charge on any atom is -0.389 e. The first-order valence-corrected chi connectivity index (χ1v) is 4.58. The second kappa shape index (κ2) is 4.37. The molecule has 0 fully saturated rings. The molecule has 0 heterocycles. The minimum absolute atomic E-state index is 0.164. The third-order valence-electron chi connectivity index (χ3n) is 2.18. The molecule has 5 nitrogen and oxygen atoms in total. The SMILES string of the molecule is CC(O)c1ccc(C(C)O)c([N+](=O)[O-])c1. The number of hydrogen-bond acceptors (Lipinski definition) is 4. The summed E-state index contributed by atoms with van der Waals surface area (Å²) in [6.45, 7) is 2.99. The van der Waals surface area contributed by atoms with E-state index in [4.69, 9.17) is 0 Å².